The molecule has 3 aromatic rings. The van der Waals surface area contributed by atoms with Crippen LogP contribution in [0.25, 0.3) is 11.0 Å². The van der Waals surface area contributed by atoms with Gasteiger partial charge < -0.3 is 14.8 Å². The fraction of sp³-hybridized carbons (Fsp3) is 0.0714. The van der Waals surface area contributed by atoms with Gasteiger partial charge in [-0.05, 0) is 30.3 Å². The van der Waals surface area contributed by atoms with Crippen LogP contribution in [0.4, 0.5) is 5.69 Å². The van der Waals surface area contributed by atoms with Crippen LogP contribution in [0.15, 0.2) is 40.9 Å². The van der Waals surface area contributed by atoms with Crippen molar-refractivity contribution < 1.29 is 19.1 Å². The number of hydrogen-bond donors (Lipinski definition) is 2. The highest BCUT2D eigenvalue weighted by atomic mass is 16.4. The number of fused-ring (bicyclic) bond motifs is 1. The lowest BCUT2D eigenvalue weighted by molar-refractivity contribution is 0.0665. The Morgan fingerprint density at radius 3 is 2.76 bits per heavy atom. The summed E-state index contributed by atoms with van der Waals surface area (Å²) in [6.45, 7) is 0. The molecule has 0 aliphatic rings. The van der Waals surface area contributed by atoms with Gasteiger partial charge in [-0.25, -0.2) is 4.79 Å². The molecule has 0 unspecified atom stereocenters. The molecule has 21 heavy (non-hydrogen) atoms. The number of carbonyl (C=O) groups excluding carboxylic acids is 1. The molecule has 1 aromatic carbocycles. The summed E-state index contributed by atoms with van der Waals surface area (Å²) >= 11 is 0. The van der Waals surface area contributed by atoms with E-state index in [-0.39, 0.29) is 11.7 Å². The highest BCUT2D eigenvalue weighted by Crippen LogP contribution is 2.23. The standard InChI is InChI=1S/C14H11N3O4/c1-17-10(4-5-15-17)13(18)16-9-2-3-11-8(6-9)7-12(21-11)14(19)20/h2-7H,1H3,(H,16,18)(H,19,20). The number of benzene rings is 1. The van der Waals surface area contributed by atoms with Crippen molar-refractivity contribution in [1.82, 2.24) is 9.78 Å². The van der Waals surface area contributed by atoms with Gasteiger partial charge in [-0.15, -0.1) is 0 Å². The topological polar surface area (TPSA) is 97.4 Å². The molecule has 106 valence electrons. The molecule has 2 aromatic heterocycles. The Bertz CT molecular complexity index is 847. The maximum Gasteiger partial charge on any atom is 0.371 e. The zero-order valence-corrected chi connectivity index (χ0v) is 11.0. The third-order valence-corrected chi connectivity index (χ3v) is 3.04. The van der Waals surface area contributed by atoms with E-state index in [4.69, 9.17) is 9.52 Å². The third-order valence-electron chi connectivity index (χ3n) is 3.04. The number of aromatic carboxylic acids is 1. The molecule has 7 nitrogen and oxygen atoms in total. The first-order valence-electron chi connectivity index (χ1n) is 6.11. The van der Waals surface area contributed by atoms with Gasteiger partial charge in [0.25, 0.3) is 5.91 Å². The van der Waals surface area contributed by atoms with Crippen LogP contribution >= 0.6 is 0 Å². The van der Waals surface area contributed by atoms with Crippen molar-refractivity contribution in [3.05, 3.63) is 48.0 Å². The molecule has 0 atom stereocenters. The van der Waals surface area contributed by atoms with Gasteiger partial charge in [0, 0.05) is 24.3 Å². The van der Waals surface area contributed by atoms with E-state index in [9.17, 15) is 9.59 Å². The number of amides is 1. The first-order valence-corrected chi connectivity index (χ1v) is 6.11. The molecule has 2 heterocycles. The number of hydrogen-bond acceptors (Lipinski definition) is 4. The average Bonchev–Trinajstić information content (AvgIpc) is 3.04. The maximum absolute atomic E-state index is 12.1. The molecule has 0 spiro atoms. The SMILES string of the molecule is Cn1nccc1C(=O)Nc1ccc2oc(C(=O)O)cc2c1. The van der Waals surface area contributed by atoms with E-state index >= 15 is 0 Å². The number of furan rings is 1. The second-order valence-corrected chi connectivity index (χ2v) is 4.46. The van der Waals surface area contributed by atoms with E-state index in [1.54, 1.807) is 31.3 Å². The lowest BCUT2D eigenvalue weighted by Gasteiger charge is -2.05. The van der Waals surface area contributed by atoms with Crippen molar-refractivity contribution >= 4 is 28.5 Å². The van der Waals surface area contributed by atoms with Gasteiger partial charge in [-0.3, -0.25) is 9.48 Å². The van der Waals surface area contributed by atoms with Gasteiger partial charge >= 0.3 is 5.97 Å². The molecule has 0 aliphatic carbocycles. The number of aryl methyl sites for hydroxylation is 1. The van der Waals surface area contributed by atoms with Gasteiger partial charge in [-0.1, -0.05) is 0 Å². The van der Waals surface area contributed by atoms with E-state index in [2.05, 4.69) is 10.4 Å². The van der Waals surface area contributed by atoms with E-state index in [0.29, 0.717) is 22.4 Å². The first-order chi connectivity index (χ1) is 10.0. The monoisotopic (exact) mass is 285 g/mol. The van der Waals surface area contributed by atoms with Crippen molar-refractivity contribution in [2.24, 2.45) is 7.05 Å². The fourth-order valence-electron chi connectivity index (χ4n) is 2.02. The van der Waals surface area contributed by atoms with Crippen LogP contribution in [-0.4, -0.2) is 26.8 Å². The van der Waals surface area contributed by atoms with Crippen molar-refractivity contribution in [2.75, 3.05) is 5.32 Å². The molecule has 1 amide bonds. The Kier molecular flexibility index (Phi) is 2.94. The Morgan fingerprint density at radius 2 is 2.10 bits per heavy atom. The Labute approximate surface area is 118 Å². The molecule has 0 saturated carbocycles. The van der Waals surface area contributed by atoms with Gasteiger partial charge in [0.05, 0.1) is 0 Å². The van der Waals surface area contributed by atoms with E-state index < -0.39 is 5.97 Å². The number of carboxylic acids is 1. The molecule has 0 fully saturated rings. The number of aromatic nitrogens is 2. The summed E-state index contributed by atoms with van der Waals surface area (Å²) in [5.41, 5.74) is 1.42. The average molecular weight is 285 g/mol. The number of nitrogens with zero attached hydrogens (tertiary/aromatic N) is 2. The molecule has 0 aliphatic heterocycles. The van der Waals surface area contributed by atoms with Crippen LogP contribution in [0.2, 0.25) is 0 Å². The molecule has 3 rings (SSSR count). The zero-order valence-electron chi connectivity index (χ0n) is 11.0. The summed E-state index contributed by atoms with van der Waals surface area (Å²) in [6, 6.07) is 7.93. The largest absolute Gasteiger partial charge is 0.475 e. The van der Waals surface area contributed by atoms with Crippen LogP contribution in [0.1, 0.15) is 21.0 Å². The van der Waals surface area contributed by atoms with E-state index in [0.717, 1.165) is 0 Å². The summed E-state index contributed by atoms with van der Waals surface area (Å²) in [7, 11) is 1.67. The summed E-state index contributed by atoms with van der Waals surface area (Å²) in [4.78, 5) is 22.9. The smallest absolute Gasteiger partial charge is 0.371 e. The fourth-order valence-corrected chi connectivity index (χ4v) is 2.02. The van der Waals surface area contributed by atoms with Crippen LogP contribution in [0, 0.1) is 0 Å². The third kappa shape index (κ3) is 2.36. The molecule has 0 saturated heterocycles. The minimum atomic E-state index is -1.13. The highest BCUT2D eigenvalue weighted by Gasteiger charge is 2.13. The van der Waals surface area contributed by atoms with Crippen molar-refractivity contribution in [1.29, 1.82) is 0 Å². The van der Waals surface area contributed by atoms with Crippen LogP contribution in [0.5, 0.6) is 0 Å². The Hall–Kier alpha value is -3.09. The first kappa shape index (κ1) is 12.9. The van der Waals surface area contributed by atoms with Gasteiger partial charge in [-0.2, -0.15) is 5.10 Å². The number of anilines is 1. The second-order valence-electron chi connectivity index (χ2n) is 4.46. The van der Waals surface area contributed by atoms with E-state index in [1.165, 1.54) is 16.9 Å². The molecule has 0 radical (unpaired) electrons. The lowest BCUT2D eigenvalue weighted by Crippen LogP contribution is -2.15. The number of carbonyl (C=O) groups is 2. The van der Waals surface area contributed by atoms with Crippen molar-refractivity contribution in [3.63, 3.8) is 0 Å². The minimum absolute atomic E-state index is 0.139. The zero-order chi connectivity index (χ0) is 15.0. The Morgan fingerprint density at radius 1 is 1.29 bits per heavy atom. The molecular formula is C14H11N3O4. The number of carboxylic acid groups (broad SMARTS) is 1. The maximum atomic E-state index is 12.1. The summed E-state index contributed by atoms with van der Waals surface area (Å²) in [5.74, 6) is -1.57. The molecule has 7 heteroatoms. The summed E-state index contributed by atoms with van der Waals surface area (Å²) in [6.07, 6.45) is 1.54. The van der Waals surface area contributed by atoms with Gasteiger partial charge in [0.15, 0.2) is 0 Å². The Balaban J connectivity index is 1.89. The second kappa shape index (κ2) is 4.78. The molecule has 0 bridgehead atoms. The van der Waals surface area contributed by atoms with Crippen LogP contribution in [0.3, 0.4) is 0 Å². The summed E-state index contributed by atoms with van der Waals surface area (Å²) < 4.78 is 6.62. The van der Waals surface area contributed by atoms with Gasteiger partial charge in [0.2, 0.25) is 5.76 Å². The summed E-state index contributed by atoms with van der Waals surface area (Å²) in [5, 5.41) is 16.1. The van der Waals surface area contributed by atoms with Crippen LogP contribution < -0.4 is 5.32 Å². The molecular weight excluding hydrogens is 274 g/mol. The molecule has 2 N–H and O–H groups in total. The number of nitrogens with one attached hydrogen (secondary N) is 1. The predicted octanol–water partition coefficient (Wildman–Crippen LogP) is 2.12. The van der Waals surface area contributed by atoms with Crippen molar-refractivity contribution in [3.8, 4) is 0 Å². The quantitative estimate of drug-likeness (QED) is 0.768. The highest BCUT2D eigenvalue weighted by molar-refractivity contribution is 6.04. The van der Waals surface area contributed by atoms with Crippen LogP contribution in [-0.2, 0) is 7.05 Å². The van der Waals surface area contributed by atoms with Crippen molar-refractivity contribution in [2.45, 2.75) is 0 Å². The number of rotatable bonds is 3. The van der Waals surface area contributed by atoms with Gasteiger partial charge in [0.1, 0.15) is 11.3 Å². The minimum Gasteiger partial charge on any atom is -0.475 e. The normalized spacial score (nSPS) is 10.7. The lowest BCUT2D eigenvalue weighted by atomic mass is 10.2. The van der Waals surface area contributed by atoms with E-state index in [1.807, 2.05) is 0 Å². The predicted molar refractivity (Wildman–Crippen MR) is 74.3 cm³/mol.